The summed E-state index contributed by atoms with van der Waals surface area (Å²) in [6, 6.07) is -1.60. The number of rotatable bonds is 4. The highest BCUT2D eigenvalue weighted by molar-refractivity contribution is 5.65. The van der Waals surface area contributed by atoms with Gasteiger partial charge in [-0.1, -0.05) is 0 Å². The van der Waals surface area contributed by atoms with Gasteiger partial charge in [-0.3, -0.25) is 0 Å². The molecule has 1 aliphatic rings. The molecule has 9 nitrogen and oxygen atoms in total. The number of aliphatic hydroxyl groups excluding tert-OH is 3. The van der Waals surface area contributed by atoms with Crippen LogP contribution in [0.5, 0.6) is 0 Å². The van der Waals surface area contributed by atoms with E-state index < -0.39 is 43.0 Å². The van der Waals surface area contributed by atoms with Crippen molar-refractivity contribution < 1.29 is 39.8 Å². The van der Waals surface area contributed by atoms with Crippen molar-refractivity contribution in [1.82, 2.24) is 5.32 Å². The summed E-state index contributed by atoms with van der Waals surface area (Å²) < 4.78 is 9.77. The first kappa shape index (κ1) is 15.1. The second-order valence-electron chi connectivity index (χ2n) is 3.81. The van der Waals surface area contributed by atoms with Gasteiger partial charge in [0.25, 0.3) is 0 Å². The molecule has 1 unspecified atom stereocenters. The lowest BCUT2D eigenvalue weighted by atomic mass is 9.95. The van der Waals surface area contributed by atoms with Gasteiger partial charge in [-0.15, -0.1) is 0 Å². The van der Waals surface area contributed by atoms with Crippen LogP contribution in [0.1, 0.15) is 6.92 Å². The van der Waals surface area contributed by atoms with E-state index in [1.807, 2.05) is 0 Å². The minimum atomic E-state index is -2.46. The van der Waals surface area contributed by atoms with Crippen molar-refractivity contribution in [2.45, 2.75) is 37.3 Å². The number of nitrogens with one attached hydrogen (secondary N) is 1. The molecule has 1 amide bonds. The van der Waals surface area contributed by atoms with Crippen molar-refractivity contribution in [2.24, 2.45) is 0 Å². The zero-order chi connectivity index (χ0) is 13.9. The average Bonchev–Trinajstić information content (AvgIpc) is 2.30. The molecule has 0 bridgehead atoms. The van der Waals surface area contributed by atoms with Crippen LogP contribution >= 0.6 is 0 Å². The molecule has 106 valence electrons. The van der Waals surface area contributed by atoms with Crippen molar-refractivity contribution >= 4 is 6.09 Å². The number of amides is 1. The van der Waals surface area contributed by atoms with E-state index in [4.69, 9.17) is 19.7 Å². The van der Waals surface area contributed by atoms with E-state index in [1.54, 1.807) is 5.32 Å². The van der Waals surface area contributed by atoms with Crippen molar-refractivity contribution in [2.75, 3.05) is 13.2 Å². The summed E-state index contributed by atoms with van der Waals surface area (Å²) in [4.78, 5) is 10.6. The van der Waals surface area contributed by atoms with Crippen LogP contribution in [0.15, 0.2) is 0 Å². The Morgan fingerprint density at radius 3 is 2.50 bits per heavy atom. The average molecular weight is 267 g/mol. The summed E-state index contributed by atoms with van der Waals surface area (Å²) >= 11 is 0. The molecule has 9 heteroatoms. The van der Waals surface area contributed by atoms with Crippen LogP contribution in [0.4, 0.5) is 4.79 Å². The molecule has 0 saturated carbocycles. The summed E-state index contributed by atoms with van der Waals surface area (Å²) in [5.74, 6) is -2.46. The first-order chi connectivity index (χ1) is 8.35. The lowest BCUT2D eigenvalue weighted by Crippen LogP contribution is -2.71. The molecule has 0 aliphatic carbocycles. The summed E-state index contributed by atoms with van der Waals surface area (Å²) in [6.45, 7) is 0.813. The van der Waals surface area contributed by atoms with Crippen molar-refractivity contribution in [1.29, 1.82) is 0 Å². The predicted molar refractivity (Wildman–Crippen MR) is 55.5 cm³/mol. The molecule has 5 atom stereocenters. The molecular weight excluding hydrogens is 250 g/mol. The van der Waals surface area contributed by atoms with E-state index in [0.717, 1.165) is 0 Å². The Kier molecular flexibility index (Phi) is 4.85. The highest BCUT2D eigenvalue weighted by atomic mass is 16.8. The fraction of sp³-hybridized carbons (Fsp3) is 0.889. The summed E-state index contributed by atoms with van der Waals surface area (Å²) in [5.41, 5.74) is 0. The molecular formula is C9H17NO8. The van der Waals surface area contributed by atoms with Gasteiger partial charge in [-0.25, -0.2) is 4.79 Å². The molecule has 0 aromatic carbocycles. The number of hydrogen-bond donors (Lipinski definition) is 6. The lowest BCUT2D eigenvalue weighted by Gasteiger charge is -2.46. The van der Waals surface area contributed by atoms with Crippen LogP contribution in [0.2, 0.25) is 0 Å². The number of carboxylic acid groups (broad SMARTS) is 1. The maximum atomic E-state index is 10.6. The Morgan fingerprint density at radius 1 is 1.44 bits per heavy atom. The second-order valence-corrected chi connectivity index (χ2v) is 3.81. The number of aliphatic hydroxyl groups is 4. The molecule has 18 heavy (non-hydrogen) atoms. The zero-order valence-corrected chi connectivity index (χ0v) is 9.68. The quantitative estimate of drug-likeness (QED) is 0.304. The summed E-state index contributed by atoms with van der Waals surface area (Å²) in [5, 5.41) is 48.7. The van der Waals surface area contributed by atoms with E-state index >= 15 is 0 Å². The Balaban J connectivity index is 2.97. The zero-order valence-electron chi connectivity index (χ0n) is 9.68. The van der Waals surface area contributed by atoms with Gasteiger partial charge in [0, 0.05) is 6.61 Å². The molecule has 1 saturated heterocycles. The Morgan fingerprint density at radius 2 is 2.06 bits per heavy atom. The van der Waals surface area contributed by atoms with Gasteiger partial charge in [0.2, 0.25) is 0 Å². The fourth-order valence-electron chi connectivity index (χ4n) is 1.78. The first-order valence-electron chi connectivity index (χ1n) is 5.36. The number of hydrogen-bond acceptors (Lipinski definition) is 7. The topological polar surface area (TPSA) is 149 Å². The van der Waals surface area contributed by atoms with Crippen LogP contribution in [0, 0.1) is 0 Å². The lowest BCUT2D eigenvalue weighted by molar-refractivity contribution is -0.424. The third-order valence-corrected chi connectivity index (χ3v) is 2.60. The minimum Gasteiger partial charge on any atom is -0.465 e. The van der Waals surface area contributed by atoms with E-state index in [2.05, 4.69) is 0 Å². The SMILES string of the molecule is CCOC1(O)O[C@H](CO)[C@@H](O)[C@H](O)[C@H]1NC(=O)O. The molecule has 0 aromatic rings. The minimum absolute atomic E-state index is 0.0325. The van der Waals surface area contributed by atoms with E-state index in [0.29, 0.717) is 0 Å². The number of carbonyl (C=O) groups is 1. The van der Waals surface area contributed by atoms with Crippen LogP contribution in [0.3, 0.4) is 0 Å². The standard InChI is InChI=1S/C9H17NO8/c1-2-17-9(16)7(10-8(14)15)6(13)5(12)4(3-11)18-9/h4-7,10-13,16H,2-3H2,1H3,(H,14,15)/t4-,5-,6+,7-,9?/m1/s1. The van der Waals surface area contributed by atoms with Crippen LogP contribution in [-0.2, 0) is 9.47 Å². The van der Waals surface area contributed by atoms with E-state index in [9.17, 15) is 20.1 Å². The molecule has 6 N–H and O–H groups in total. The number of ether oxygens (including phenoxy) is 2. The predicted octanol–water partition coefficient (Wildman–Crippen LogP) is -2.58. The largest absolute Gasteiger partial charge is 0.465 e. The molecule has 1 heterocycles. The highest BCUT2D eigenvalue weighted by Gasteiger charge is 2.55. The second kappa shape index (κ2) is 5.78. The maximum absolute atomic E-state index is 10.6. The summed E-state index contributed by atoms with van der Waals surface area (Å²) in [6.07, 6.45) is -6.07. The normalized spacial score (nSPS) is 40.5. The van der Waals surface area contributed by atoms with Gasteiger partial charge in [0.05, 0.1) is 6.61 Å². The van der Waals surface area contributed by atoms with Crippen LogP contribution < -0.4 is 5.32 Å². The third-order valence-electron chi connectivity index (χ3n) is 2.60. The monoisotopic (exact) mass is 267 g/mol. The van der Waals surface area contributed by atoms with Gasteiger partial charge in [-0.05, 0) is 6.92 Å². The highest BCUT2D eigenvalue weighted by Crippen LogP contribution is 2.29. The molecule has 1 rings (SSSR count). The maximum Gasteiger partial charge on any atom is 0.405 e. The molecule has 1 aliphatic heterocycles. The first-order valence-corrected chi connectivity index (χ1v) is 5.36. The van der Waals surface area contributed by atoms with Crippen molar-refractivity contribution in [3.63, 3.8) is 0 Å². The van der Waals surface area contributed by atoms with Gasteiger partial charge in [0.1, 0.15) is 24.4 Å². The van der Waals surface area contributed by atoms with Crippen molar-refractivity contribution in [3.8, 4) is 0 Å². The van der Waals surface area contributed by atoms with Crippen molar-refractivity contribution in [3.05, 3.63) is 0 Å². The smallest absolute Gasteiger partial charge is 0.405 e. The van der Waals surface area contributed by atoms with Gasteiger partial charge < -0.3 is 40.3 Å². The molecule has 0 aromatic heterocycles. The Hall–Kier alpha value is -0.970. The summed E-state index contributed by atoms with van der Waals surface area (Å²) in [7, 11) is 0. The van der Waals surface area contributed by atoms with Crippen LogP contribution in [-0.4, -0.2) is 75.2 Å². The van der Waals surface area contributed by atoms with E-state index in [-0.39, 0.29) is 6.61 Å². The molecule has 0 radical (unpaired) electrons. The molecule has 1 fully saturated rings. The Labute approximate surface area is 103 Å². The van der Waals surface area contributed by atoms with E-state index in [1.165, 1.54) is 6.92 Å². The van der Waals surface area contributed by atoms with Gasteiger partial charge in [0.15, 0.2) is 0 Å². The van der Waals surface area contributed by atoms with Crippen LogP contribution in [0.25, 0.3) is 0 Å². The fourth-order valence-corrected chi connectivity index (χ4v) is 1.78. The third kappa shape index (κ3) is 2.88. The Bertz CT molecular complexity index is 300. The molecule has 0 spiro atoms. The van der Waals surface area contributed by atoms with Gasteiger partial charge in [-0.2, -0.15) is 0 Å². The van der Waals surface area contributed by atoms with Gasteiger partial charge >= 0.3 is 12.1 Å².